The number of hydrazone groups is 1. The van der Waals surface area contributed by atoms with Crippen molar-refractivity contribution in [2.75, 3.05) is 0 Å². The number of hydrogen-bond acceptors (Lipinski definition) is 2. The highest BCUT2D eigenvalue weighted by Gasteiger charge is 1.88. The van der Waals surface area contributed by atoms with Gasteiger partial charge in [0.2, 0.25) is 0 Å². The number of rotatable bonds is 2. The van der Waals surface area contributed by atoms with Crippen LogP contribution in [0.2, 0.25) is 0 Å². The van der Waals surface area contributed by atoms with Crippen molar-refractivity contribution in [3.63, 3.8) is 0 Å². The molecule has 0 aromatic heterocycles. The van der Waals surface area contributed by atoms with Gasteiger partial charge >= 0.3 is 0 Å². The van der Waals surface area contributed by atoms with Crippen LogP contribution in [0.5, 0.6) is 0 Å². The van der Waals surface area contributed by atoms with Crippen molar-refractivity contribution in [2.45, 2.75) is 13.3 Å². The summed E-state index contributed by atoms with van der Waals surface area (Å²) < 4.78 is 0. The van der Waals surface area contributed by atoms with Crippen LogP contribution in [0.1, 0.15) is 11.1 Å². The summed E-state index contributed by atoms with van der Waals surface area (Å²) in [5.74, 6) is 4.98. The highest BCUT2D eigenvalue weighted by atomic mass is 15.1. The lowest BCUT2D eigenvalue weighted by Crippen LogP contribution is -1.89. The first-order chi connectivity index (χ1) is 5.33. The SMILES string of the molecule is Cc1cccc(C/C=N/N)c1. The second-order valence-corrected chi connectivity index (χ2v) is 2.52. The highest BCUT2D eigenvalue weighted by molar-refractivity contribution is 5.61. The minimum absolute atomic E-state index is 0.818. The Labute approximate surface area is 66.7 Å². The molecule has 0 bridgehead atoms. The largest absolute Gasteiger partial charge is 0.324 e. The number of aryl methyl sites for hydroxylation is 1. The summed E-state index contributed by atoms with van der Waals surface area (Å²) in [7, 11) is 0. The molecule has 0 fully saturated rings. The maximum atomic E-state index is 4.98. The van der Waals surface area contributed by atoms with E-state index in [1.165, 1.54) is 11.1 Å². The van der Waals surface area contributed by atoms with Gasteiger partial charge in [-0.05, 0) is 12.5 Å². The molecule has 0 unspecified atom stereocenters. The summed E-state index contributed by atoms with van der Waals surface area (Å²) in [6.07, 6.45) is 2.52. The third-order valence-corrected chi connectivity index (χ3v) is 1.51. The van der Waals surface area contributed by atoms with Gasteiger partial charge in [0.05, 0.1) is 0 Å². The smallest absolute Gasteiger partial charge is 0.0284 e. The van der Waals surface area contributed by atoms with Crippen LogP contribution in [0.25, 0.3) is 0 Å². The molecule has 2 N–H and O–H groups in total. The molecule has 0 heterocycles. The highest BCUT2D eigenvalue weighted by Crippen LogP contribution is 2.02. The van der Waals surface area contributed by atoms with E-state index in [9.17, 15) is 0 Å². The van der Waals surface area contributed by atoms with E-state index in [0.717, 1.165) is 6.42 Å². The van der Waals surface area contributed by atoms with Crippen molar-refractivity contribution in [3.05, 3.63) is 35.4 Å². The fraction of sp³-hybridized carbons (Fsp3) is 0.222. The molecule has 1 aromatic carbocycles. The lowest BCUT2D eigenvalue weighted by molar-refractivity contribution is 1.22. The minimum Gasteiger partial charge on any atom is -0.324 e. The van der Waals surface area contributed by atoms with E-state index in [0.29, 0.717) is 0 Å². The van der Waals surface area contributed by atoms with Gasteiger partial charge in [-0.3, -0.25) is 0 Å². The van der Waals surface area contributed by atoms with Crippen molar-refractivity contribution >= 4 is 6.21 Å². The maximum absolute atomic E-state index is 4.98. The third kappa shape index (κ3) is 2.42. The first-order valence-electron chi connectivity index (χ1n) is 3.60. The van der Waals surface area contributed by atoms with Gasteiger partial charge in [0, 0.05) is 12.6 Å². The molecule has 58 valence electrons. The van der Waals surface area contributed by atoms with E-state index < -0.39 is 0 Å². The molecule has 0 radical (unpaired) electrons. The summed E-state index contributed by atoms with van der Waals surface area (Å²) in [5.41, 5.74) is 2.52. The number of nitrogens with two attached hydrogens (primary N) is 1. The second kappa shape index (κ2) is 3.76. The van der Waals surface area contributed by atoms with E-state index in [2.05, 4.69) is 30.2 Å². The first kappa shape index (κ1) is 7.79. The summed E-state index contributed by atoms with van der Waals surface area (Å²) in [6, 6.07) is 8.30. The van der Waals surface area contributed by atoms with Gasteiger partial charge in [0.25, 0.3) is 0 Å². The Morgan fingerprint density at radius 3 is 3.00 bits per heavy atom. The third-order valence-electron chi connectivity index (χ3n) is 1.51. The molecule has 0 saturated heterocycles. The Morgan fingerprint density at radius 1 is 1.55 bits per heavy atom. The number of nitrogens with zero attached hydrogens (tertiary/aromatic N) is 1. The molecule has 0 aliphatic heterocycles. The average Bonchev–Trinajstić information content (AvgIpc) is 2.01. The minimum atomic E-state index is 0.818. The Hall–Kier alpha value is -1.31. The van der Waals surface area contributed by atoms with Crippen LogP contribution in [0.15, 0.2) is 29.4 Å². The molecule has 0 spiro atoms. The van der Waals surface area contributed by atoms with Crippen LogP contribution in [0.3, 0.4) is 0 Å². The van der Waals surface area contributed by atoms with Gasteiger partial charge in [-0.15, -0.1) is 0 Å². The molecule has 2 nitrogen and oxygen atoms in total. The van der Waals surface area contributed by atoms with Gasteiger partial charge in [0.1, 0.15) is 0 Å². The van der Waals surface area contributed by atoms with Crippen molar-refractivity contribution < 1.29 is 0 Å². The summed E-state index contributed by atoms with van der Waals surface area (Å²) in [4.78, 5) is 0. The molecular formula is C9H12N2. The Morgan fingerprint density at radius 2 is 2.36 bits per heavy atom. The molecule has 0 amide bonds. The van der Waals surface area contributed by atoms with Crippen LogP contribution < -0.4 is 5.84 Å². The van der Waals surface area contributed by atoms with Crippen LogP contribution in [0.4, 0.5) is 0 Å². The normalized spacial score (nSPS) is 10.6. The van der Waals surface area contributed by atoms with Crippen LogP contribution in [-0.2, 0) is 6.42 Å². The van der Waals surface area contributed by atoms with E-state index in [1.807, 2.05) is 6.07 Å². The summed E-state index contributed by atoms with van der Waals surface area (Å²) in [5, 5.41) is 3.44. The fourth-order valence-electron chi connectivity index (χ4n) is 0.997. The fourth-order valence-corrected chi connectivity index (χ4v) is 0.997. The summed E-state index contributed by atoms with van der Waals surface area (Å²) >= 11 is 0. The van der Waals surface area contributed by atoms with Gasteiger partial charge in [-0.2, -0.15) is 5.10 Å². The molecule has 2 heteroatoms. The van der Waals surface area contributed by atoms with Gasteiger partial charge in [-0.25, -0.2) is 0 Å². The molecule has 0 aliphatic rings. The Balaban J connectivity index is 2.71. The van der Waals surface area contributed by atoms with Gasteiger partial charge in [-0.1, -0.05) is 29.8 Å². The molecule has 1 aromatic rings. The quantitative estimate of drug-likeness (QED) is 0.385. The van der Waals surface area contributed by atoms with Crippen LogP contribution in [0, 0.1) is 6.92 Å². The van der Waals surface area contributed by atoms with Crippen molar-refractivity contribution in [2.24, 2.45) is 10.9 Å². The predicted octanol–water partition coefficient (Wildman–Crippen LogP) is 1.48. The standard InChI is InChI=1S/C9H12N2/c1-8-3-2-4-9(7-8)5-6-11-10/h2-4,6-7H,5,10H2,1H3/b11-6+. The number of benzene rings is 1. The zero-order chi connectivity index (χ0) is 8.10. The van der Waals surface area contributed by atoms with Crippen LogP contribution in [-0.4, -0.2) is 6.21 Å². The second-order valence-electron chi connectivity index (χ2n) is 2.52. The van der Waals surface area contributed by atoms with E-state index in [4.69, 9.17) is 5.84 Å². The van der Waals surface area contributed by atoms with E-state index in [-0.39, 0.29) is 0 Å². The molecule has 0 saturated carbocycles. The molecule has 0 aliphatic carbocycles. The zero-order valence-electron chi connectivity index (χ0n) is 6.62. The molecule has 0 atom stereocenters. The van der Waals surface area contributed by atoms with Gasteiger partial charge in [0.15, 0.2) is 0 Å². The Kier molecular flexibility index (Phi) is 2.66. The monoisotopic (exact) mass is 148 g/mol. The van der Waals surface area contributed by atoms with E-state index >= 15 is 0 Å². The molecule has 1 rings (SSSR count). The van der Waals surface area contributed by atoms with E-state index in [1.54, 1.807) is 6.21 Å². The van der Waals surface area contributed by atoms with Crippen molar-refractivity contribution in [1.29, 1.82) is 0 Å². The van der Waals surface area contributed by atoms with Crippen molar-refractivity contribution in [1.82, 2.24) is 0 Å². The predicted molar refractivity (Wildman–Crippen MR) is 47.6 cm³/mol. The average molecular weight is 148 g/mol. The molecule has 11 heavy (non-hydrogen) atoms. The number of hydrogen-bond donors (Lipinski definition) is 1. The lowest BCUT2D eigenvalue weighted by Gasteiger charge is -1.96. The topological polar surface area (TPSA) is 38.4 Å². The van der Waals surface area contributed by atoms with Gasteiger partial charge < -0.3 is 5.84 Å². The van der Waals surface area contributed by atoms with Crippen LogP contribution >= 0.6 is 0 Å². The maximum Gasteiger partial charge on any atom is 0.0284 e. The first-order valence-corrected chi connectivity index (χ1v) is 3.60. The van der Waals surface area contributed by atoms with Crippen molar-refractivity contribution in [3.8, 4) is 0 Å². The summed E-state index contributed by atoms with van der Waals surface area (Å²) in [6.45, 7) is 2.07. The lowest BCUT2D eigenvalue weighted by atomic mass is 10.1. The zero-order valence-corrected chi connectivity index (χ0v) is 6.62. The molecular weight excluding hydrogens is 136 g/mol. The Bertz CT molecular complexity index is 253.